The molecule has 7 nitrogen and oxygen atoms in total. The quantitative estimate of drug-likeness (QED) is 0.642. The SMILES string of the molecule is COc1cc(C=C2SC(=O)N(c3ccccc3)C2=O)cc(Br)c1OCC(=O)O. The smallest absolute Gasteiger partial charge is 0.341 e. The zero-order valence-corrected chi connectivity index (χ0v) is 17.0. The van der Waals surface area contributed by atoms with Gasteiger partial charge in [-0.15, -0.1) is 0 Å². The third-order valence-corrected chi connectivity index (χ3v) is 5.16. The predicted octanol–water partition coefficient (Wildman–Crippen LogP) is 4.16. The van der Waals surface area contributed by atoms with Gasteiger partial charge in [-0.05, 0) is 63.6 Å². The molecule has 1 saturated heterocycles. The highest BCUT2D eigenvalue weighted by molar-refractivity contribution is 9.10. The van der Waals surface area contributed by atoms with Crippen molar-refractivity contribution in [3.8, 4) is 11.5 Å². The van der Waals surface area contributed by atoms with E-state index >= 15 is 0 Å². The normalized spacial score (nSPS) is 15.2. The summed E-state index contributed by atoms with van der Waals surface area (Å²) in [6.07, 6.45) is 1.57. The van der Waals surface area contributed by atoms with Crippen LogP contribution < -0.4 is 14.4 Å². The van der Waals surface area contributed by atoms with Crippen LogP contribution in [0.25, 0.3) is 6.08 Å². The van der Waals surface area contributed by atoms with Crippen molar-refractivity contribution in [1.29, 1.82) is 0 Å². The first-order valence-electron chi connectivity index (χ1n) is 7.96. The second-order valence-corrected chi connectivity index (χ2v) is 7.42. The Morgan fingerprint density at radius 2 is 1.96 bits per heavy atom. The van der Waals surface area contributed by atoms with Crippen molar-refractivity contribution >= 4 is 56.6 Å². The Kier molecular flexibility index (Phi) is 6.05. The molecule has 0 bridgehead atoms. The minimum absolute atomic E-state index is 0.236. The van der Waals surface area contributed by atoms with Crippen LogP contribution in [-0.4, -0.2) is 35.9 Å². The number of thioether (sulfide) groups is 1. The van der Waals surface area contributed by atoms with Crippen LogP contribution >= 0.6 is 27.7 Å². The molecule has 0 saturated carbocycles. The molecule has 1 N–H and O–H groups in total. The Balaban J connectivity index is 1.91. The molecule has 144 valence electrons. The Labute approximate surface area is 173 Å². The number of para-hydroxylation sites is 1. The van der Waals surface area contributed by atoms with Gasteiger partial charge in [0.15, 0.2) is 18.1 Å². The summed E-state index contributed by atoms with van der Waals surface area (Å²) in [6, 6.07) is 11.9. The molecule has 2 aromatic carbocycles. The lowest BCUT2D eigenvalue weighted by atomic mass is 10.1. The lowest BCUT2D eigenvalue weighted by molar-refractivity contribution is -0.139. The van der Waals surface area contributed by atoms with E-state index in [1.54, 1.807) is 48.5 Å². The highest BCUT2D eigenvalue weighted by Crippen LogP contribution is 2.40. The largest absolute Gasteiger partial charge is 0.493 e. The number of imide groups is 1. The first-order chi connectivity index (χ1) is 13.4. The van der Waals surface area contributed by atoms with E-state index in [2.05, 4.69) is 15.9 Å². The summed E-state index contributed by atoms with van der Waals surface area (Å²) in [5, 5.41) is 8.40. The maximum Gasteiger partial charge on any atom is 0.341 e. The summed E-state index contributed by atoms with van der Waals surface area (Å²) in [5.41, 5.74) is 1.09. The van der Waals surface area contributed by atoms with Crippen molar-refractivity contribution in [2.75, 3.05) is 18.6 Å². The van der Waals surface area contributed by atoms with Gasteiger partial charge in [-0.1, -0.05) is 18.2 Å². The fourth-order valence-corrected chi connectivity index (χ4v) is 3.93. The van der Waals surface area contributed by atoms with Gasteiger partial charge in [0.1, 0.15) is 0 Å². The number of aliphatic carboxylic acids is 1. The van der Waals surface area contributed by atoms with Crippen molar-refractivity contribution in [2.45, 2.75) is 0 Å². The summed E-state index contributed by atoms with van der Waals surface area (Å²) < 4.78 is 10.9. The molecule has 28 heavy (non-hydrogen) atoms. The van der Waals surface area contributed by atoms with Gasteiger partial charge in [0.2, 0.25) is 0 Å². The summed E-state index contributed by atoms with van der Waals surface area (Å²) in [6.45, 7) is -0.524. The predicted molar refractivity (Wildman–Crippen MR) is 109 cm³/mol. The molecule has 0 radical (unpaired) electrons. The van der Waals surface area contributed by atoms with Crippen molar-refractivity contribution in [3.63, 3.8) is 0 Å². The number of nitrogens with zero attached hydrogens (tertiary/aromatic N) is 1. The Morgan fingerprint density at radius 3 is 2.61 bits per heavy atom. The molecule has 1 heterocycles. The maximum atomic E-state index is 12.7. The van der Waals surface area contributed by atoms with E-state index in [0.717, 1.165) is 16.7 Å². The zero-order chi connectivity index (χ0) is 20.3. The third-order valence-electron chi connectivity index (χ3n) is 3.70. The van der Waals surface area contributed by atoms with Crippen LogP contribution in [0.3, 0.4) is 0 Å². The Hall–Kier alpha value is -2.78. The van der Waals surface area contributed by atoms with Crippen LogP contribution in [0, 0.1) is 0 Å². The van der Waals surface area contributed by atoms with Crippen molar-refractivity contribution < 1.29 is 29.0 Å². The van der Waals surface area contributed by atoms with Crippen LogP contribution in [0.5, 0.6) is 11.5 Å². The van der Waals surface area contributed by atoms with Crippen LogP contribution in [0.15, 0.2) is 51.8 Å². The molecule has 9 heteroatoms. The van der Waals surface area contributed by atoms with Gasteiger partial charge < -0.3 is 14.6 Å². The number of carbonyl (C=O) groups excluding carboxylic acids is 2. The van der Waals surface area contributed by atoms with Crippen molar-refractivity contribution in [1.82, 2.24) is 0 Å². The minimum Gasteiger partial charge on any atom is -0.493 e. The van der Waals surface area contributed by atoms with Crippen molar-refractivity contribution in [2.24, 2.45) is 0 Å². The number of rotatable bonds is 6. The molecule has 2 aromatic rings. The average Bonchev–Trinajstić information content (AvgIpc) is 2.94. The van der Waals surface area contributed by atoms with E-state index in [1.165, 1.54) is 7.11 Å². The monoisotopic (exact) mass is 463 g/mol. The van der Waals surface area contributed by atoms with Gasteiger partial charge in [0.05, 0.1) is 22.2 Å². The number of amides is 2. The van der Waals surface area contributed by atoms with E-state index in [9.17, 15) is 14.4 Å². The number of carboxylic acids is 1. The van der Waals surface area contributed by atoms with E-state index in [0.29, 0.717) is 21.5 Å². The lowest BCUT2D eigenvalue weighted by Crippen LogP contribution is -2.27. The fourth-order valence-electron chi connectivity index (χ4n) is 2.52. The number of carboxylic acid groups (broad SMARTS) is 1. The summed E-state index contributed by atoms with van der Waals surface area (Å²) in [7, 11) is 1.42. The number of halogens is 1. The van der Waals surface area contributed by atoms with Gasteiger partial charge in [0, 0.05) is 0 Å². The molecule has 3 rings (SSSR count). The Morgan fingerprint density at radius 1 is 1.25 bits per heavy atom. The molecule has 1 aliphatic rings. The number of benzene rings is 2. The zero-order valence-electron chi connectivity index (χ0n) is 14.5. The third kappa shape index (κ3) is 4.20. The summed E-state index contributed by atoms with van der Waals surface area (Å²) in [4.78, 5) is 37.1. The molecule has 1 fully saturated rings. The molecule has 0 spiro atoms. The number of hydrogen-bond acceptors (Lipinski definition) is 6. The lowest BCUT2D eigenvalue weighted by Gasteiger charge is -2.13. The van der Waals surface area contributed by atoms with Crippen LogP contribution in [-0.2, 0) is 9.59 Å². The number of anilines is 1. The van der Waals surface area contributed by atoms with E-state index in [1.807, 2.05) is 0 Å². The minimum atomic E-state index is -1.12. The van der Waals surface area contributed by atoms with Crippen LogP contribution in [0.1, 0.15) is 5.56 Å². The van der Waals surface area contributed by atoms with E-state index in [-0.39, 0.29) is 15.9 Å². The second kappa shape index (κ2) is 8.49. The number of hydrogen-bond donors (Lipinski definition) is 1. The van der Waals surface area contributed by atoms with E-state index < -0.39 is 18.5 Å². The highest BCUT2D eigenvalue weighted by Gasteiger charge is 2.36. The van der Waals surface area contributed by atoms with Gasteiger partial charge in [0.25, 0.3) is 11.1 Å². The topological polar surface area (TPSA) is 93.1 Å². The second-order valence-electron chi connectivity index (χ2n) is 5.57. The molecule has 0 aromatic heterocycles. The van der Waals surface area contributed by atoms with Crippen LogP contribution in [0.2, 0.25) is 0 Å². The van der Waals surface area contributed by atoms with Gasteiger partial charge in [-0.2, -0.15) is 0 Å². The molecule has 0 aliphatic carbocycles. The standard InChI is InChI=1S/C19H14BrNO6S/c1-26-14-8-11(7-13(20)17(14)27-10-16(22)23)9-15-18(24)21(19(25)28-15)12-5-3-2-4-6-12/h2-9H,10H2,1H3,(H,22,23). The number of methoxy groups -OCH3 is 1. The summed E-state index contributed by atoms with van der Waals surface area (Å²) in [5.74, 6) is -1.00. The molecular weight excluding hydrogens is 450 g/mol. The van der Waals surface area contributed by atoms with Gasteiger partial charge in [-0.3, -0.25) is 9.59 Å². The Bertz CT molecular complexity index is 976. The molecule has 2 amide bonds. The van der Waals surface area contributed by atoms with Crippen LogP contribution in [0.4, 0.5) is 10.5 Å². The maximum absolute atomic E-state index is 12.7. The van der Waals surface area contributed by atoms with Crippen molar-refractivity contribution in [3.05, 3.63) is 57.4 Å². The summed E-state index contributed by atoms with van der Waals surface area (Å²) >= 11 is 4.16. The number of ether oxygens (including phenoxy) is 2. The fraction of sp³-hybridized carbons (Fsp3) is 0.105. The average molecular weight is 464 g/mol. The molecule has 0 unspecified atom stereocenters. The highest BCUT2D eigenvalue weighted by atomic mass is 79.9. The first kappa shape index (κ1) is 20.0. The van der Waals surface area contributed by atoms with Gasteiger partial charge in [-0.25, -0.2) is 9.69 Å². The molecule has 0 atom stereocenters. The van der Waals surface area contributed by atoms with E-state index in [4.69, 9.17) is 14.6 Å². The molecule has 1 aliphatic heterocycles. The number of carbonyl (C=O) groups is 3. The first-order valence-corrected chi connectivity index (χ1v) is 9.56. The van der Waals surface area contributed by atoms with Gasteiger partial charge >= 0.3 is 5.97 Å². The molecular formula is C19H14BrNO6S.